The number of hydrogen-bond donors (Lipinski definition) is 0. The Kier molecular flexibility index (Phi) is 2.72. The first-order valence-electron chi connectivity index (χ1n) is 3.15. The molecule has 0 aromatic carbocycles. The Labute approximate surface area is 75.7 Å². The predicted octanol–water partition coefficient (Wildman–Crippen LogP) is 2.95. The highest BCUT2D eigenvalue weighted by molar-refractivity contribution is 9.10. The van der Waals surface area contributed by atoms with Gasteiger partial charge in [0.05, 0.1) is 12.1 Å². The van der Waals surface area contributed by atoms with Gasteiger partial charge in [-0.05, 0) is 28.1 Å². The van der Waals surface area contributed by atoms with Crippen LogP contribution in [0.2, 0.25) is 0 Å². The summed E-state index contributed by atoms with van der Waals surface area (Å²) in [7, 11) is 0. The van der Waals surface area contributed by atoms with E-state index in [2.05, 4.69) is 20.9 Å². The van der Waals surface area contributed by atoms with Crippen LogP contribution in [0.4, 0.5) is 13.2 Å². The van der Waals surface area contributed by atoms with Crippen LogP contribution in [0.1, 0.15) is 5.69 Å². The predicted molar refractivity (Wildman–Crippen MR) is 41.7 cm³/mol. The summed E-state index contributed by atoms with van der Waals surface area (Å²) in [5.74, 6) is 0. The van der Waals surface area contributed by atoms with Crippen LogP contribution in [0.3, 0.4) is 0 Å². The van der Waals surface area contributed by atoms with Gasteiger partial charge in [-0.2, -0.15) is 13.2 Å². The van der Waals surface area contributed by atoms with Crippen LogP contribution >= 0.6 is 15.9 Å². The van der Waals surface area contributed by atoms with E-state index in [9.17, 15) is 13.2 Å². The number of alkyl halides is 3. The second-order valence-electron chi connectivity index (χ2n) is 2.24. The molecule has 0 bridgehead atoms. The fourth-order valence-corrected chi connectivity index (χ4v) is 1.13. The summed E-state index contributed by atoms with van der Waals surface area (Å²) in [6.45, 7) is 0. The highest BCUT2D eigenvalue weighted by Gasteiger charge is 2.28. The SMILES string of the molecule is FC(F)(F)Cc1cccc(Br)n1. The molecule has 0 fully saturated rings. The lowest BCUT2D eigenvalue weighted by atomic mass is 10.3. The van der Waals surface area contributed by atoms with Crippen LogP contribution in [-0.2, 0) is 6.42 Å². The maximum Gasteiger partial charge on any atom is 0.394 e. The number of aromatic nitrogens is 1. The zero-order valence-electron chi connectivity index (χ0n) is 5.90. The quantitative estimate of drug-likeness (QED) is 0.687. The van der Waals surface area contributed by atoms with Crippen molar-refractivity contribution in [1.29, 1.82) is 0 Å². The largest absolute Gasteiger partial charge is 0.394 e. The van der Waals surface area contributed by atoms with Gasteiger partial charge in [-0.25, -0.2) is 4.98 Å². The van der Waals surface area contributed by atoms with Crippen LogP contribution in [0, 0.1) is 0 Å². The van der Waals surface area contributed by atoms with Gasteiger partial charge in [0.25, 0.3) is 0 Å². The average Bonchev–Trinajstić information content (AvgIpc) is 1.82. The van der Waals surface area contributed by atoms with Gasteiger partial charge in [-0.3, -0.25) is 0 Å². The first-order valence-corrected chi connectivity index (χ1v) is 3.95. The molecule has 0 radical (unpaired) electrons. The van der Waals surface area contributed by atoms with Crippen molar-refractivity contribution in [2.75, 3.05) is 0 Å². The van der Waals surface area contributed by atoms with Crippen molar-refractivity contribution in [2.45, 2.75) is 12.6 Å². The Hall–Kier alpha value is -0.580. The molecule has 0 atom stereocenters. The molecular formula is C7H5BrF3N. The standard InChI is InChI=1S/C7H5BrF3N/c8-6-3-1-2-5(12-6)4-7(9,10)11/h1-3H,4H2. The van der Waals surface area contributed by atoms with E-state index < -0.39 is 12.6 Å². The van der Waals surface area contributed by atoms with Gasteiger partial charge >= 0.3 is 6.18 Å². The van der Waals surface area contributed by atoms with Crippen LogP contribution in [-0.4, -0.2) is 11.2 Å². The van der Waals surface area contributed by atoms with Gasteiger partial charge in [0, 0.05) is 0 Å². The Morgan fingerprint density at radius 3 is 2.50 bits per heavy atom. The molecule has 1 aromatic heterocycles. The molecule has 0 unspecified atom stereocenters. The molecule has 0 aliphatic heterocycles. The molecule has 1 aromatic rings. The minimum atomic E-state index is -4.19. The van der Waals surface area contributed by atoms with E-state index in [4.69, 9.17) is 0 Å². The lowest BCUT2D eigenvalue weighted by molar-refractivity contribution is -0.127. The minimum Gasteiger partial charge on any atom is -0.246 e. The highest BCUT2D eigenvalue weighted by atomic mass is 79.9. The van der Waals surface area contributed by atoms with Crippen molar-refractivity contribution in [3.05, 3.63) is 28.5 Å². The fourth-order valence-electron chi connectivity index (χ4n) is 0.754. The van der Waals surface area contributed by atoms with Crippen LogP contribution in [0.5, 0.6) is 0 Å². The van der Waals surface area contributed by atoms with Crippen molar-refractivity contribution in [2.24, 2.45) is 0 Å². The van der Waals surface area contributed by atoms with E-state index in [1.165, 1.54) is 12.1 Å². The summed E-state index contributed by atoms with van der Waals surface area (Å²) in [4.78, 5) is 3.66. The average molecular weight is 240 g/mol. The van der Waals surface area contributed by atoms with Crippen molar-refractivity contribution in [3.8, 4) is 0 Å². The third kappa shape index (κ3) is 3.21. The van der Waals surface area contributed by atoms with Crippen LogP contribution < -0.4 is 0 Å². The maximum atomic E-state index is 11.8. The molecule has 0 saturated carbocycles. The van der Waals surface area contributed by atoms with Gasteiger partial charge in [-0.15, -0.1) is 0 Å². The van der Waals surface area contributed by atoms with Crippen LogP contribution in [0.25, 0.3) is 0 Å². The molecule has 66 valence electrons. The van der Waals surface area contributed by atoms with E-state index >= 15 is 0 Å². The van der Waals surface area contributed by atoms with Gasteiger partial charge < -0.3 is 0 Å². The van der Waals surface area contributed by atoms with Crippen molar-refractivity contribution in [3.63, 3.8) is 0 Å². The summed E-state index contributed by atoms with van der Waals surface area (Å²) >= 11 is 2.99. The highest BCUT2D eigenvalue weighted by Crippen LogP contribution is 2.20. The molecule has 1 nitrogen and oxygen atoms in total. The summed E-state index contributed by atoms with van der Waals surface area (Å²) in [6, 6.07) is 4.45. The molecule has 0 aliphatic carbocycles. The molecule has 5 heteroatoms. The maximum absolute atomic E-state index is 11.8. The second-order valence-corrected chi connectivity index (χ2v) is 3.06. The second kappa shape index (κ2) is 3.43. The van der Waals surface area contributed by atoms with Gasteiger partial charge in [0.2, 0.25) is 0 Å². The topological polar surface area (TPSA) is 12.9 Å². The number of rotatable bonds is 1. The third-order valence-corrected chi connectivity index (χ3v) is 1.60. The molecule has 1 heterocycles. The number of hydrogen-bond acceptors (Lipinski definition) is 1. The first kappa shape index (κ1) is 9.51. The molecular weight excluding hydrogens is 235 g/mol. The van der Waals surface area contributed by atoms with E-state index in [-0.39, 0.29) is 5.69 Å². The van der Waals surface area contributed by atoms with E-state index in [0.29, 0.717) is 4.60 Å². The van der Waals surface area contributed by atoms with Gasteiger partial charge in [0.1, 0.15) is 4.60 Å². The van der Waals surface area contributed by atoms with E-state index in [1.807, 2.05) is 0 Å². The molecule has 0 amide bonds. The number of nitrogens with zero attached hydrogens (tertiary/aromatic N) is 1. The van der Waals surface area contributed by atoms with Gasteiger partial charge in [0.15, 0.2) is 0 Å². The number of pyridine rings is 1. The fraction of sp³-hybridized carbons (Fsp3) is 0.286. The lowest BCUT2D eigenvalue weighted by Crippen LogP contribution is -2.12. The van der Waals surface area contributed by atoms with Crippen molar-refractivity contribution in [1.82, 2.24) is 4.98 Å². The van der Waals surface area contributed by atoms with Crippen molar-refractivity contribution >= 4 is 15.9 Å². The molecule has 12 heavy (non-hydrogen) atoms. The van der Waals surface area contributed by atoms with Crippen molar-refractivity contribution < 1.29 is 13.2 Å². The summed E-state index contributed by atoms with van der Waals surface area (Å²) < 4.78 is 35.9. The Bertz CT molecular complexity index is 272. The molecule has 1 rings (SSSR count). The summed E-state index contributed by atoms with van der Waals surface area (Å²) in [5.41, 5.74) is 0.0249. The zero-order chi connectivity index (χ0) is 9.19. The molecule has 0 N–H and O–H groups in total. The third-order valence-electron chi connectivity index (χ3n) is 1.15. The van der Waals surface area contributed by atoms with Gasteiger partial charge in [-0.1, -0.05) is 6.07 Å². The summed E-state index contributed by atoms with van der Waals surface area (Å²) in [5, 5.41) is 0. The summed E-state index contributed by atoms with van der Waals surface area (Å²) in [6.07, 6.45) is -5.17. The van der Waals surface area contributed by atoms with E-state index in [0.717, 1.165) is 0 Å². The monoisotopic (exact) mass is 239 g/mol. The van der Waals surface area contributed by atoms with E-state index in [1.54, 1.807) is 6.07 Å². The molecule has 0 saturated heterocycles. The molecule has 0 aliphatic rings. The molecule has 0 spiro atoms. The smallest absolute Gasteiger partial charge is 0.246 e. The zero-order valence-corrected chi connectivity index (χ0v) is 7.48. The normalized spacial score (nSPS) is 11.7. The number of halogens is 4. The first-order chi connectivity index (χ1) is 5.47. The lowest BCUT2D eigenvalue weighted by Gasteiger charge is -2.04. The Morgan fingerprint density at radius 1 is 1.33 bits per heavy atom. The Morgan fingerprint density at radius 2 is 2.00 bits per heavy atom. The van der Waals surface area contributed by atoms with Crippen LogP contribution in [0.15, 0.2) is 22.8 Å². The Balaban J connectivity index is 2.77. The minimum absolute atomic E-state index is 0.0249.